The van der Waals surface area contributed by atoms with Crippen LogP contribution in [0.2, 0.25) is 0 Å². The number of hydrogen-bond acceptors (Lipinski definition) is 3. The minimum atomic E-state index is -0.821. The van der Waals surface area contributed by atoms with Crippen molar-refractivity contribution in [2.45, 2.75) is 19.9 Å². The van der Waals surface area contributed by atoms with Crippen molar-refractivity contribution in [3.8, 4) is 0 Å². The zero-order chi connectivity index (χ0) is 18.3. The number of nitrogens with zero attached hydrogens (tertiary/aromatic N) is 2. The number of aryl methyl sites for hydroxylation is 1. The van der Waals surface area contributed by atoms with Crippen LogP contribution in [0.3, 0.4) is 0 Å². The van der Waals surface area contributed by atoms with Gasteiger partial charge in [-0.25, -0.2) is 0 Å². The van der Waals surface area contributed by atoms with E-state index in [0.29, 0.717) is 13.1 Å². The Balaban J connectivity index is 1.36. The molecule has 1 amide bonds. The molecule has 5 heteroatoms. The third kappa shape index (κ3) is 3.16. The number of hydrogen-bond donors (Lipinski definition) is 1. The Morgan fingerprint density at radius 2 is 1.62 bits per heavy atom. The lowest BCUT2D eigenvalue weighted by molar-refractivity contribution is -0.151. The van der Waals surface area contributed by atoms with Crippen molar-refractivity contribution in [2.75, 3.05) is 26.2 Å². The van der Waals surface area contributed by atoms with E-state index in [1.54, 1.807) is 0 Å². The highest BCUT2D eigenvalue weighted by Gasteiger charge is 2.52. The van der Waals surface area contributed by atoms with Crippen molar-refractivity contribution in [3.05, 3.63) is 47.5 Å². The van der Waals surface area contributed by atoms with E-state index in [2.05, 4.69) is 42.2 Å². The number of aliphatic carboxylic acids is 1. The molecule has 2 aliphatic carbocycles. The van der Waals surface area contributed by atoms with E-state index in [9.17, 15) is 14.7 Å². The van der Waals surface area contributed by atoms with Gasteiger partial charge in [0.15, 0.2) is 0 Å². The lowest BCUT2D eigenvalue weighted by Gasteiger charge is -2.37. The summed E-state index contributed by atoms with van der Waals surface area (Å²) in [6, 6.07) is 8.57. The van der Waals surface area contributed by atoms with Crippen LogP contribution in [0.15, 0.2) is 36.4 Å². The summed E-state index contributed by atoms with van der Waals surface area (Å²) in [5.41, 5.74) is 2.55. The first-order valence-corrected chi connectivity index (χ1v) is 9.51. The zero-order valence-electron chi connectivity index (χ0n) is 15.2. The number of carboxylic acids is 1. The smallest absolute Gasteiger partial charge is 0.307 e. The number of carbonyl (C=O) groups is 2. The number of benzene rings is 1. The summed E-state index contributed by atoms with van der Waals surface area (Å²) in [5, 5.41) is 9.57. The van der Waals surface area contributed by atoms with Crippen LogP contribution < -0.4 is 0 Å². The topological polar surface area (TPSA) is 60.9 Å². The Labute approximate surface area is 154 Å². The molecule has 4 rings (SSSR count). The molecule has 4 atom stereocenters. The van der Waals surface area contributed by atoms with Gasteiger partial charge in [0.05, 0.1) is 11.8 Å². The molecule has 0 radical (unpaired) electrons. The van der Waals surface area contributed by atoms with Gasteiger partial charge in [0.2, 0.25) is 5.91 Å². The molecule has 26 heavy (non-hydrogen) atoms. The van der Waals surface area contributed by atoms with Crippen molar-refractivity contribution in [1.29, 1.82) is 0 Å². The lowest BCUT2D eigenvalue weighted by atomic mass is 9.82. The zero-order valence-corrected chi connectivity index (χ0v) is 15.2. The van der Waals surface area contributed by atoms with Crippen LogP contribution in [0, 0.1) is 30.6 Å². The first-order valence-electron chi connectivity index (χ1n) is 9.51. The number of allylic oxidation sites excluding steroid dienone is 2. The molecule has 1 aromatic rings. The Morgan fingerprint density at radius 1 is 1.00 bits per heavy atom. The van der Waals surface area contributed by atoms with Gasteiger partial charge < -0.3 is 10.0 Å². The Kier molecular flexibility index (Phi) is 4.57. The summed E-state index contributed by atoms with van der Waals surface area (Å²) in [5.74, 6) is -1.54. The summed E-state index contributed by atoms with van der Waals surface area (Å²) >= 11 is 0. The van der Waals surface area contributed by atoms with Gasteiger partial charge in [-0.15, -0.1) is 0 Å². The molecule has 1 heterocycles. The summed E-state index contributed by atoms with van der Waals surface area (Å²) < 4.78 is 0. The average Bonchev–Trinajstić information content (AvgIpc) is 3.25. The van der Waals surface area contributed by atoms with E-state index in [0.717, 1.165) is 26.1 Å². The van der Waals surface area contributed by atoms with Crippen LogP contribution in [0.5, 0.6) is 0 Å². The molecule has 138 valence electrons. The van der Waals surface area contributed by atoms with Crippen molar-refractivity contribution < 1.29 is 14.7 Å². The van der Waals surface area contributed by atoms with Gasteiger partial charge >= 0.3 is 5.97 Å². The van der Waals surface area contributed by atoms with Gasteiger partial charge in [0, 0.05) is 32.7 Å². The highest BCUT2D eigenvalue weighted by atomic mass is 16.4. The molecule has 1 saturated carbocycles. The van der Waals surface area contributed by atoms with Crippen LogP contribution in [0.25, 0.3) is 0 Å². The van der Waals surface area contributed by atoms with E-state index in [4.69, 9.17) is 0 Å². The van der Waals surface area contributed by atoms with Gasteiger partial charge in [-0.2, -0.15) is 0 Å². The first kappa shape index (κ1) is 17.3. The predicted octanol–water partition coefficient (Wildman–Crippen LogP) is 2.16. The first-order chi connectivity index (χ1) is 12.5. The number of amides is 1. The third-order valence-electron chi connectivity index (χ3n) is 6.24. The Hall–Kier alpha value is -2.14. The SMILES string of the molecule is Cc1ccc(CN2CCN(C(=O)C3C4C=CC(C4)C3C(=O)O)CC2)cc1. The molecular weight excluding hydrogens is 328 g/mol. The molecule has 1 N–H and O–H groups in total. The molecule has 3 aliphatic rings. The minimum Gasteiger partial charge on any atom is -0.481 e. The Morgan fingerprint density at radius 3 is 2.23 bits per heavy atom. The fraction of sp³-hybridized carbons (Fsp3) is 0.524. The second-order valence-electron chi connectivity index (χ2n) is 7.93. The van der Waals surface area contributed by atoms with Gasteiger partial charge in [-0.1, -0.05) is 42.0 Å². The quantitative estimate of drug-likeness (QED) is 0.842. The highest BCUT2D eigenvalue weighted by molar-refractivity contribution is 5.87. The van der Waals surface area contributed by atoms with Gasteiger partial charge in [0.1, 0.15) is 0 Å². The third-order valence-corrected chi connectivity index (χ3v) is 6.24. The van der Waals surface area contributed by atoms with Gasteiger partial charge in [-0.3, -0.25) is 14.5 Å². The summed E-state index contributed by atoms with van der Waals surface area (Å²) in [7, 11) is 0. The lowest BCUT2D eigenvalue weighted by Crippen LogP contribution is -2.52. The molecule has 1 aromatic carbocycles. The molecule has 1 aliphatic heterocycles. The fourth-order valence-corrected chi connectivity index (χ4v) is 4.78. The summed E-state index contributed by atoms with van der Waals surface area (Å²) in [6.07, 6.45) is 4.87. The molecule has 2 fully saturated rings. The molecule has 1 saturated heterocycles. The van der Waals surface area contributed by atoms with Crippen molar-refractivity contribution in [2.24, 2.45) is 23.7 Å². The van der Waals surface area contributed by atoms with Crippen LogP contribution in [0.4, 0.5) is 0 Å². The molecule has 4 unspecified atom stereocenters. The van der Waals surface area contributed by atoms with Crippen LogP contribution in [0.1, 0.15) is 17.5 Å². The van der Waals surface area contributed by atoms with Gasteiger partial charge in [-0.05, 0) is 30.7 Å². The highest BCUT2D eigenvalue weighted by Crippen LogP contribution is 2.48. The Bertz CT molecular complexity index is 719. The maximum Gasteiger partial charge on any atom is 0.307 e. The molecule has 5 nitrogen and oxygen atoms in total. The second kappa shape index (κ2) is 6.88. The summed E-state index contributed by atoms with van der Waals surface area (Å²) in [4.78, 5) is 28.9. The fourth-order valence-electron chi connectivity index (χ4n) is 4.78. The minimum absolute atomic E-state index is 0.0364. The predicted molar refractivity (Wildman–Crippen MR) is 98.4 cm³/mol. The molecule has 2 bridgehead atoms. The summed E-state index contributed by atoms with van der Waals surface area (Å²) in [6.45, 7) is 6.05. The number of carboxylic acid groups (broad SMARTS) is 1. The van der Waals surface area contributed by atoms with Crippen molar-refractivity contribution in [1.82, 2.24) is 9.80 Å². The van der Waals surface area contributed by atoms with Gasteiger partial charge in [0.25, 0.3) is 0 Å². The number of carbonyl (C=O) groups excluding carboxylic acids is 1. The molecule has 0 aromatic heterocycles. The van der Waals surface area contributed by atoms with Crippen LogP contribution in [-0.4, -0.2) is 53.0 Å². The number of rotatable bonds is 4. The van der Waals surface area contributed by atoms with E-state index in [1.807, 2.05) is 11.0 Å². The van der Waals surface area contributed by atoms with Crippen molar-refractivity contribution >= 4 is 11.9 Å². The van der Waals surface area contributed by atoms with Crippen molar-refractivity contribution in [3.63, 3.8) is 0 Å². The number of piperazine rings is 1. The standard InChI is InChI=1S/C21H26N2O3/c1-14-2-4-15(5-3-14)13-22-8-10-23(11-9-22)20(24)18-16-6-7-17(12-16)19(18)21(25)26/h2-7,16-19H,8-13H2,1H3,(H,25,26). The molecular formula is C21H26N2O3. The van der Waals surface area contributed by atoms with Crippen LogP contribution >= 0.6 is 0 Å². The average molecular weight is 354 g/mol. The molecule has 0 spiro atoms. The normalized spacial score (nSPS) is 30.7. The maximum atomic E-state index is 13.0. The second-order valence-corrected chi connectivity index (χ2v) is 7.93. The maximum absolute atomic E-state index is 13.0. The monoisotopic (exact) mass is 354 g/mol. The number of fused-ring (bicyclic) bond motifs is 2. The van der Waals surface area contributed by atoms with E-state index in [1.165, 1.54) is 11.1 Å². The van der Waals surface area contributed by atoms with E-state index >= 15 is 0 Å². The van der Waals surface area contributed by atoms with E-state index in [-0.39, 0.29) is 23.7 Å². The largest absolute Gasteiger partial charge is 0.481 e. The van der Waals surface area contributed by atoms with E-state index < -0.39 is 11.9 Å². The van der Waals surface area contributed by atoms with Crippen LogP contribution in [-0.2, 0) is 16.1 Å².